The van der Waals surface area contributed by atoms with Gasteiger partial charge in [0.25, 0.3) is 0 Å². The van der Waals surface area contributed by atoms with Crippen molar-refractivity contribution in [3.05, 3.63) is 96.1 Å². The van der Waals surface area contributed by atoms with Crippen molar-refractivity contribution >= 4 is 23.0 Å². The predicted molar refractivity (Wildman–Crippen MR) is 137 cm³/mol. The fourth-order valence-electron chi connectivity index (χ4n) is 3.86. The molecule has 174 valence electrons. The van der Waals surface area contributed by atoms with Crippen molar-refractivity contribution in [3.63, 3.8) is 0 Å². The van der Waals surface area contributed by atoms with Crippen LogP contribution in [0.2, 0.25) is 0 Å². The molecule has 5 rings (SSSR count). The molecule has 0 unspecified atom stereocenters. The molecule has 5 aromatic rings. The van der Waals surface area contributed by atoms with Gasteiger partial charge in [-0.25, -0.2) is 9.37 Å². The molecular formula is C29H24FN3O2. The third-order valence-corrected chi connectivity index (χ3v) is 5.82. The van der Waals surface area contributed by atoms with Gasteiger partial charge in [0.2, 0.25) is 5.89 Å². The summed E-state index contributed by atoms with van der Waals surface area (Å²) in [6, 6.07) is 19.3. The maximum absolute atomic E-state index is 13.6. The van der Waals surface area contributed by atoms with E-state index in [1.165, 1.54) is 24.4 Å². The number of para-hydroxylation sites is 1. The number of fused-ring (bicyclic) bond motifs is 1. The minimum absolute atomic E-state index is 0.0498. The number of rotatable bonds is 4. The highest BCUT2D eigenvalue weighted by atomic mass is 19.1. The Morgan fingerprint density at radius 3 is 2.49 bits per heavy atom. The molecule has 2 heterocycles. The molecular weight excluding hydrogens is 441 g/mol. The van der Waals surface area contributed by atoms with Crippen LogP contribution in [0.5, 0.6) is 5.75 Å². The van der Waals surface area contributed by atoms with Crippen LogP contribution in [0.1, 0.15) is 31.9 Å². The van der Waals surface area contributed by atoms with Crippen molar-refractivity contribution in [2.75, 3.05) is 0 Å². The first kappa shape index (κ1) is 22.5. The van der Waals surface area contributed by atoms with Crippen LogP contribution in [0, 0.1) is 5.82 Å². The SMILES string of the molecule is CC(C)(C)c1cc(-c2ccncc2)c2nc(-c3ccccc3N=Cc3cc(F)ccc3O)oc2c1. The Morgan fingerprint density at radius 2 is 1.71 bits per heavy atom. The zero-order valence-electron chi connectivity index (χ0n) is 19.7. The van der Waals surface area contributed by atoms with Crippen LogP contribution in [0.4, 0.5) is 10.1 Å². The summed E-state index contributed by atoms with van der Waals surface area (Å²) in [6.45, 7) is 6.48. The number of hydrogen-bond acceptors (Lipinski definition) is 5. The van der Waals surface area contributed by atoms with E-state index in [-0.39, 0.29) is 16.7 Å². The van der Waals surface area contributed by atoms with Gasteiger partial charge in [0.15, 0.2) is 5.58 Å². The quantitative estimate of drug-likeness (QED) is 0.280. The van der Waals surface area contributed by atoms with Gasteiger partial charge in [-0.2, -0.15) is 0 Å². The first-order valence-electron chi connectivity index (χ1n) is 11.3. The van der Waals surface area contributed by atoms with Crippen LogP contribution < -0.4 is 0 Å². The lowest BCUT2D eigenvalue weighted by molar-refractivity contribution is 0.472. The number of nitrogens with zero attached hydrogens (tertiary/aromatic N) is 3. The molecule has 6 heteroatoms. The summed E-state index contributed by atoms with van der Waals surface area (Å²) in [5.41, 5.74) is 6.01. The van der Waals surface area contributed by atoms with E-state index in [2.05, 4.69) is 36.8 Å². The van der Waals surface area contributed by atoms with E-state index in [0.29, 0.717) is 22.7 Å². The number of halogens is 1. The summed E-state index contributed by atoms with van der Waals surface area (Å²) in [5, 5.41) is 10.0. The van der Waals surface area contributed by atoms with Gasteiger partial charge in [-0.05, 0) is 71.1 Å². The second-order valence-electron chi connectivity index (χ2n) is 9.35. The number of pyridine rings is 1. The summed E-state index contributed by atoms with van der Waals surface area (Å²) < 4.78 is 19.9. The van der Waals surface area contributed by atoms with Gasteiger partial charge in [0.05, 0.1) is 11.3 Å². The van der Waals surface area contributed by atoms with Crippen molar-refractivity contribution in [1.82, 2.24) is 9.97 Å². The maximum atomic E-state index is 13.6. The zero-order valence-corrected chi connectivity index (χ0v) is 19.7. The third-order valence-electron chi connectivity index (χ3n) is 5.82. The van der Waals surface area contributed by atoms with Gasteiger partial charge in [0, 0.05) is 29.7 Å². The number of aromatic nitrogens is 2. The monoisotopic (exact) mass is 465 g/mol. The second-order valence-corrected chi connectivity index (χ2v) is 9.35. The van der Waals surface area contributed by atoms with Crippen molar-refractivity contribution < 1.29 is 13.9 Å². The molecule has 0 aliphatic carbocycles. The highest BCUT2D eigenvalue weighted by Gasteiger charge is 2.21. The zero-order chi connectivity index (χ0) is 24.6. The van der Waals surface area contributed by atoms with E-state index in [0.717, 1.165) is 22.2 Å². The minimum atomic E-state index is -0.449. The summed E-state index contributed by atoms with van der Waals surface area (Å²) >= 11 is 0. The fourth-order valence-corrected chi connectivity index (χ4v) is 3.86. The average Bonchev–Trinajstić information content (AvgIpc) is 3.28. The van der Waals surface area contributed by atoms with E-state index in [1.807, 2.05) is 42.5 Å². The molecule has 0 radical (unpaired) electrons. The van der Waals surface area contributed by atoms with Gasteiger partial charge in [-0.1, -0.05) is 32.9 Å². The van der Waals surface area contributed by atoms with E-state index in [1.54, 1.807) is 12.4 Å². The van der Waals surface area contributed by atoms with Gasteiger partial charge in [-0.3, -0.25) is 9.98 Å². The van der Waals surface area contributed by atoms with Gasteiger partial charge in [0.1, 0.15) is 17.1 Å². The standard InChI is InChI=1S/C29H24FN3O2/c1-29(2,3)20-15-23(18-10-12-31-13-11-18)27-26(16-20)35-28(33-27)22-6-4-5-7-24(22)32-17-19-14-21(30)8-9-25(19)34/h4-17,34H,1-3H3. The number of phenols is 1. The van der Waals surface area contributed by atoms with Crippen molar-refractivity contribution in [2.24, 2.45) is 4.99 Å². The van der Waals surface area contributed by atoms with Crippen LogP contribution in [0.15, 0.2) is 88.5 Å². The first-order chi connectivity index (χ1) is 16.8. The average molecular weight is 466 g/mol. The van der Waals surface area contributed by atoms with Crippen LogP contribution in [-0.2, 0) is 5.41 Å². The Hall–Kier alpha value is -4.32. The van der Waals surface area contributed by atoms with Crippen LogP contribution >= 0.6 is 0 Å². The molecule has 0 fully saturated rings. The van der Waals surface area contributed by atoms with Gasteiger partial charge >= 0.3 is 0 Å². The first-order valence-corrected chi connectivity index (χ1v) is 11.3. The molecule has 0 amide bonds. The maximum Gasteiger partial charge on any atom is 0.229 e. The van der Waals surface area contributed by atoms with Crippen molar-refractivity contribution in [1.29, 1.82) is 0 Å². The Balaban J connectivity index is 1.65. The molecule has 0 saturated heterocycles. The normalized spacial score (nSPS) is 12.0. The van der Waals surface area contributed by atoms with E-state index in [4.69, 9.17) is 9.40 Å². The third kappa shape index (κ3) is 4.55. The van der Waals surface area contributed by atoms with E-state index in [9.17, 15) is 9.50 Å². The second kappa shape index (κ2) is 8.80. The molecule has 0 saturated carbocycles. The molecule has 2 aromatic heterocycles. The molecule has 1 N–H and O–H groups in total. The summed E-state index contributed by atoms with van der Waals surface area (Å²) in [6.07, 6.45) is 4.95. The minimum Gasteiger partial charge on any atom is -0.507 e. The van der Waals surface area contributed by atoms with Crippen molar-refractivity contribution in [2.45, 2.75) is 26.2 Å². The lowest BCUT2D eigenvalue weighted by Crippen LogP contribution is -2.11. The summed E-state index contributed by atoms with van der Waals surface area (Å²) in [4.78, 5) is 13.5. The Labute approximate surface area is 202 Å². The van der Waals surface area contributed by atoms with Crippen LogP contribution in [-0.4, -0.2) is 21.3 Å². The Kier molecular flexibility index (Phi) is 5.65. The van der Waals surface area contributed by atoms with E-state index >= 15 is 0 Å². The Morgan fingerprint density at radius 1 is 0.943 bits per heavy atom. The molecule has 3 aromatic carbocycles. The van der Waals surface area contributed by atoms with Crippen molar-refractivity contribution in [3.8, 4) is 28.3 Å². The summed E-state index contributed by atoms with van der Waals surface area (Å²) in [7, 11) is 0. The van der Waals surface area contributed by atoms with Gasteiger partial charge < -0.3 is 9.52 Å². The highest BCUT2D eigenvalue weighted by molar-refractivity contribution is 5.94. The molecule has 0 atom stereocenters. The number of hydrogen-bond donors (Lipinski definition) is 1. The number of phenolic OH excluding ortho intramolecular Hbond substituents is 1. The molecule has 0 bridgehead atoms. The highest BCUT2D eigenvalue weighted by Crippen LogP contribution is 2.38. The smallest absolute Gasteiger partial charge is 0.229 e. The predicted octanol–water partition coefficient (Wildman–Crippen LogP) is 7.45. The van der Waals surface area contributed by atoms with Gasteiger partial charge in [-0.15, -0.1) is 0 Å². The van der Waals surface area contributed by atoms with E-state index < -0.39 is 5.82 Å². The lowest BCUT2D eigenvalue weighted by Gasteiger charge is -2.20. The number of oxazole rings is 1. The molecule has 0 aliphatic rings. The number of aliphatic imine (C=N–C) groups is 1. The van der Waals surface area contributed by atoms with Crippen LogP contribution in [0.25, 0.3) is 33.7 Å². The molecule has 0 aliphatic heterocycles. The lowest BCUT2D eigenvalue weighted by atomic mass is 9.85. The number of aromatic hydroxyl groups is 1. The summed E-state index contributed by atoms with van der Waals surface area (Å²) in [5.74, 6) is -0.0708. The number of benzene rings is 3. The molecule has 0 spiro atoms. The Bertz CT molecular complexity index is 1550. The largest absolute Gasteiger partial charge is 0.507 e. The van der Waals surface area contributed by atoms with Crippen LogP contribution in [0.3, 0.4) is 0 Å². The molecule has 5 nitrogen and oxygen atoms in total. The fraction of sp³-hybridized carbons (Fsp3) is 0.138. The topological polar surface area (TPSA) is 71.5 Å². The molecule has 35 heavy (non-hydrogen) atoms.